The lowest BCUT2D eigenvalue weighted by atomic mass is 10.2. The van der Waals surface area contributed by atoms with Crippen LogP contribution < -0.4 is 20.1 Å². The summed E-state index contributed by atoms with van der Waals surface area (Å²) in [6.45, 7) is 2.01. The molecule has 0 radical (unpaired) electrons. The van der Waals surface area contributed by atoms with Gasteiger partial charge in [0, 0.05) is 0 Å². The van der Waals surface area contributed by atoms with Gasteiger partial charge in [0.05, 0.1) is 33.8 Å². The van der Waals surface area contributed by atoms with Crippen LogP contribution in [0.3, 0.4) is 0 Å². The number of rotatable bonds is 5. The highest BCUT2D eigenvalue weighted by Crippen LogP contribution is 2.37. The number of carbonyl (C=O) groups excluding carboxylic acids is 1. The Morgan fingerprint density at radius 1 is 1.15 bits per heavy atom. The van der Waals surface area contributed by atoms with Gasteiger partial charge in [0.15, 0.2) is 5.50 Å². The SMILES string of the molecule is COc1ccc(C)cc1NC1NC(=O)/C(=C/c2cc(Br)c(OC)c(Br)c2)S1. The Hall–Kier alpha value is -1.64. The number of methoxy groups -OCH3 is 2. The molecular weight excluding hydrogens is 496 g/mol. The van der Waals surface area contributed by atoms with Crippen molar-refractivity contribution >= 4 is 61.3 Å². The minimum Gasteiger partial charge on any atom is -0.495 e. The first-order chi connectivity index (χ1) is 12.9. The van der Waals surface area contributed by atoms with Crippen LogP contribution in [0.25, 0.3) is 6.08 Å². The molecule has 0 aliphatic carbocycles. The van der Waals surface area contributed by atoms with E-state index in [-0.39, 0.29) is 11.4 Å². The maximum absolute atomic E-state index is 12.4. The Labute approximate surface area is 179 Å². The van der Waals surface area contributed by atoms with Crippen molar-refractivity contribution in [3.63, 3.8) is 0 Å². The van der Waals surface area contributed by atoms with Crippen molar-refractivity contribution in [1.29, 1.82) is 0 Å². The summed E-state index contributed by atoms with van der Waals surface area (Å²) in [5.74, 6) is 1.33. The van der Waals surface area contributed by atoms with Crippen molar-refractivity contribution in [2.24, 2.45) is 0 Å². The van der Waals surface area contributed by atoms with E-state index in [1.165, 1.54) is 11.8 Å². The molecule has 8 heteroatoms. The molecule has 2 aromatic carbocycles. The second-order valence-corrected chi connectivity index (χ2v) is 8.70. The number of benzene rings is 2. The summed E-state index contributed by atoms with van der Waals surface area (Å²) in [5.41, 5.74) is 2.56. The maximum atomic E-state index is 12.4. The zero-order chi connectivity index (χ0) is 19.6. The van der Waals surface area contributed by atoms with Crippen LogP contribution in [0, 0.1) is 6.92 Å². The number of amides is 1. The van der Waals surface area contributed by atoms with Crippen molar-refractivity contribution in [3.05, 3.63) is 55.3 Å². The Bertz CT molecular complexity index is 895. The summed E-state index contributed by atoms with van der Waals surface area (Å²) in [7, 11) is 3.24. The molecule has 1 saturated heterocycles. The fourth-order valence-corrected chi connectivity index (χ4v) is 5.17. The van der Waals surface area contributed by atoms with Gasteiger partial charge in [-0.3, -0.25) is 4.79 Å². The van der Waals surface area contributed by atoms with Gasteiger partial charge in [0.1, 0.15) is 11.5 Å². The molecule has 1 fully saturated rings. The van der Waals surface area contributed by atoms with Crippen LogP contribution in [-0.2, 0) is 4.79 Å². The molecule has 0 spiro atoms. The molecule has 5 nitrogen and oxygen atoms in total. The third-order valence-corrected chi connectivity index (χ3v) is 6.10. The van der Waals surface area contributed by atoms with Crippen molar-refractivity contribution in [3.8, 4) is 11.5 Å². The fourth-order valence-electron chi connectivity index (χ4n) is 2.65. The molecule has 27 heavy (non-hydrogen) atoms. The van der Waals surface area contributed by atoms with Crippen LogP contribution >= 0.6 is 43.6 Å². The molecule has 142 valence electrons. The van der Waals surface area contributed by atoms with Gasteiger partial charge in [-0.15, -0.1) is 0 Å². The molecule has 1 unspecified atom stereocenters. The fraction of sp³-hybridized carbons (Fsp3) is 0.211. The normalized spacial score (nSPS) is 17.7. The lowest BCUT2D eigenvalue weighted by molar-refractivity contribution is -0.116. The van der Waals surface area contributed by atoms with E-state index >= 15 is 0 Å². The molecule has 1 aliphatic rings. The number of nitrogens with one attached hydrogen (secondary N) is 2. The van der Waals surface area contributed by atoms with Gasteiger partial charge >= 0.3 is 0 Å². The average Bonchev–Trinajstić information content (AvgIpc) is 2.94. The summed E-state index contributed by atoms with van der Waals surface area (Å²) < 4.78 is 12.3. The standard InChI is InChI=1S/C19H18Br2N2O3S/c1-10-4-5-15(25-2)14(6-10)22-19-23-18(24)16(27-19)9-11-7-12(20)17(26-3)13(21)8-11/h4-9,19,22H,1-3H3,(H,23,24)/b16-9-. The highest BCUT2D eigenvalue weighted by atomic mass is 79.9. The van der Waals surface area contributed by atoms with Crippen molar-refractivity contribution < 1.29 is 14.3 Å². The lowest BCUT2D eigenvalue weighted by Crippen LogP contribution is -2.31. The van der Waals surface area contributed by atoms with Crippen molar-refractivity contribution in [2.75, 3.05) is 19.5 Å². The second-order valence-electron chi connectivity index (χ2n) is 5.85. The van der Waals surface area contributed by atoms with E-state index in [1.54, 1.807) is 14.2 Å². The van der Waals surface area contributed by atoms with Gasteiger partial charge in [-0.05, 0) is 80.3 Å². The molecular formula is C19H18Br2N2O3S. The summed E-state index contributed by atoms with van der Waals surface area (Å²) in [6.07, 6.45) is 1.85. The van der Waals surface area contributed by atoms with Crippen LogP contribution in [0.15, 0.2) is 44.2 Å². The summed E-state index contributed by atoms with van der Waals surface area (Å²) in [6, 6.07) is 9.70. The maximum Gasteiger partial charge on any atom is 0.260 e. The highest BCUT2D eigenvalue weighted by Gasteiger charge is 2.28. The van der Waals surface area contributed by atoms with Crippen molar-refractivity contribution in [1.82, 2.24) is 5.32 Å². The Morgan fingerprint density at radius 2 is 1.85 bits per heavy atom. The Kier molecular flexibility index (Phi) is 6.39. The highest BCUT2D eigenvalue weighted by molar-refractivity contribution is 9.11. The smallest absolute Gasteiger partial charge is 0.260 e. The van der Waals surface area contributed by atoms with Gasteiger partial charge in [0.2, 0.25) is 0 Å². The number of hydrogen-bond acceptors (Lipinski definition) is 5. The first-order valence-electron chi connectivity index (χ1n) is 8.04. The zero-order valence-corrected chi connectivity index (χ0v) is 18.9. The van der Waals surface area contributed by atoms with Gasteiger partial charge in [-0.25, -0.2) is 0 Å². The summed E-state index contributed by atoms with van der Waals surface area (Å²) >= 11 is 8.39. The van der Waals surface area contributed by atoms with Crippen LogP contribution in [0.4, 0.5) is 5.69 Å². The molecule has 0 saturated carbocycles. The van der Waals surface area contributed by atoms with Crippen LogP contribution in [0.5, 0.6) is 11.5 Å². The van der Waals surface area contributed by atoms with E-state index in [0.717, 1.165) is 31.5 Å². The third kappa shape index (κ3) is 4.62. The predicted molar refractivity (Wildman–Crippen MR) is 117 cm³/mol. The van der Waals surface area contributed by atoms with Crippen molar-refractivity contribution in [2.45, 2.75) is 12.4 Å². The van der Waals surface area contributed by atoms with Crippen LogP contribution in [0.1, 0.15) is 11.1 Å². The van der Waals surface area contributed by atoms with E-state index in [9.17, 15) is 4.79 Å². The van der Waals surface area contributed by atoms with E-state index in [4.69, 9.17) is 9.47 Å². The van der Waals surface area contributed by atoms with Gasteiger partial charge in [0.25, 0.3) is 5.91 Å². The third-order valence-electron chi connectivity index (χ3n) is 3.89. The van der Waals surface area contributed by atoms with E-state index in [0.29, 0.717) is 10.7 Å². The molecule has 2 N–H and O–H groups in total. The number of aryl methyl sites for hydroxylation is 1. The quantitative estimate of drug-likeness (QED) is 0.542. The molecule has 1 atom stereocenters. The van der Waals surface area contributed by atoms with Crippen LogP contribution in [-0.4, -0.2) is 25.6 Å². The largest absolute Gasteiger partial charge is 0.495 e. The topological polar surface area (TPSA) is 59.6 Å². The molecule has 1 heterocycles. The molecule has 0 aromatic heterocycles. The minimum absolute atomic E-state index is 0.118. The minimum atomic E-state index is -0.274. The Balaban J connectivity index is 1.80. The monoisotopic (exact) mass is 512 g/mol. The van der Waals surface area contributed by atoms with E-state index < -0.39 is 0 Å². The Morgan fingerprint density at radius 3 is 2.48 bits per heavy atom. The molecule has 1 aliphatic heterocycles. The summed E-state index contributed by atoms with van der Waals surface area (Å²) in [5, 5.41) is 6.25. The summed E-state index contributed by atoms with van der Waals surface area (Å²) in [4.78, 5) is 13.0. The molecule has 3 rings (SSSR count). The first-order valence-corrected chi connectivity index (χ1v) is 10.5. The number of hydrogen-bond donors (Lipinski definition) is 2. The molecule has 2 aromatic rings. The number of ether oxygens (including phenoxy) is 2. The number of anilines is 1. The predicted octanol–water partition coefficient (Wildman–Crippen LogP) is 5.14. The van der Waals surface area contributed by atoms with Gasteiger partial charge < -0.3 is 20.1 Å². The van der Waals surface area contributed by atoms with Gasteiger partial charge in [-0.1, -0.05) is 17.8 Å². The first kappa shape index (κ1) is 20.1. The van der Waals surface area contributed by atoms with E-state index in [1.807, 2.05) is 43.3 Å². The van der Waals surface area contributed by atoms with Gasteiger partial charge in [-0.2, -0.15) is 0 Å². The molecule has 1 amide bonds. The number of carbonyl (C=O) groups is 1. The van der Waals surface area contributed by atoms with E-state index in [2.05, 4.69) is 42.5 Å². The molecule has 0 bridgehead atoms. The number of halogens is 2. The van der Waals surface area contributed by atoms with Crippen LogP contribution in [0.2, 0.25) is 0 Å². The second kappa shape index (κ2) is 8.58. The zero-order valence-electron chi connectivity index (χ0n) is 14.9. The average molecular weight is 514 g/mol. The number of thioether (sulfide) groups is 1. The lowest BCUT2D eigenvalue weighted by Gasteiger charge is -2.16.